The number of ether oxygens (including phenoxy) is 2. The van der Waals surface area contributed by atoms with Crippen LogP contribution in [-0.2, 0) is 19.6 Å². The zero-order valence-electron chi connectivity index (χ0n) is 22.6. The largest absolute Gasteiger partial charge is 0.492 e. The van der Waals surface area contributed by atoms with Crippen molar-refractivity contribution in [1.29, 1.82) is 0 Å². The summed E-state index contributed by atoms with van der Waals surface area (Å²) in [6.07, 6.45) is 2.12. The third-order valence-corrected chi connectivity index (χ3v) is 9.19. The zero-order valence-corrected chi connectivity index (χ0v) is 26.5. The summed E-state index contributed by atoms with van der Waals surface area (Å²) in [6.45, 7) is 4.69. The quantitative estimate of drug-likeness (QED) is 0.101. The van der Waals surface area contributed by atoms with Crippen molar-refractivity contribution in [3.05, 3.63) is 74.4 Å². The lowest BCUT2D eigenvalue weighted by molar-refractivity contribution is -0.143. The molecular formula is C28H31Cl4N3O5S. The van der Waals surface area contributed by atoms with Crippen LogP contribution < -0.4 is 14.4 Å². The minimum absolute atomic E-state index is 0.0217. The second-order valence-corrected chi connectivity index (χ2v) is 12.3. The highest BCUT2D eigenvalue weighted by Crippen LogP contribution is 2.38. The van der Waals surface area contributed by atoms with Crippen molar-refractivity contribution in [1.82, 2.24) is 4.98 Å². The molecule has 0 unspecified atom stereocenters. The number of halogens is 4. The van der Waals surface area contributed by atoms with Gasteiger partial charge in [0.25, 0.3) is 10.0 Å². The summed E-state index contributed by atoms with van der Waals surface area (Å²) in [4.78, 5) is 15.7. The Kier molecular flexibility index (Phi) is 12.7. The Morgan fingerprint density at radius 3 is 2.32 bits per heavy atom. The van der Waals surface area contributed by atoms with Crippen LogP contribution in [0.15, 0.2) is 53.4 Å². The molecule has 0 radical (unpaired) electrons. The van der Waals surface area contributed by atoms with E-state index < -0.39 is 10.0 Å². The van der Waals surface area contributed by atoms with Crippen LogP contribution in [0.2, 0.25) is 20.4 Å². The van der Waals surface area contributed by atoms with Crippen LogP contribution in [0.3, 0.4) is 0 Å². The minimum Gasteiger partial charge on any atom is -0.492 e. The van der Waals surface area contributed by atoms with Gasteiger partial charge in [-0.15, -0.1) is 0 Å². The van der Waals surface area contributed by atoms with Crippen LogP contribution in [0, 0.1) is 6.92 Å². The Labute approximate surface area is 260 Å². The molecule has 0 aliphatic heterocycles. The van der Waals surface area contributed by atoms with Crippen molar-refractivity contribution in [3.8, 4) is 5.75 Å². The summed E-state index contributed by atoms with van der Waals surface area (Å²) in [5.74, 6) is 0.233. The van der Waals surface area contributed by atoms with Gasteiger partial charge in [0.2, 0.25) is 0 Å². The molecule has 2 aromatic carbocycles. The summed E-state index contributed by atoms with van der Waals surface area (Å²) in [5.41, 5.74) is 1.63. The van der Waals surface area contributed by atoms with Crippen molar-refractivity contribution in [2.75, 3.05) is 35.9 Å². The number of nitrogens with one attached hydrogen (secondary N) is 1. The number of aromatic nitrogens is 1. The van der Waals surface area contributed by atoms with Crippen molar-refractivity contribution in [2.24, 2.45) is 0 Å². The van der Waals surface area contributed by atoms with Crippen LogP contribution in [0.4, 0.5) is 11.4 Å². The molecule has 0 aliphatic rings. The predicted molar refractivity (Wildman–Crippen MR) is 166 cm³/mol. The van der Waals surface area contributed by atoms with Crippen molar-refractivity contribution < 1.29 is 22.7 Å². The first-order valence-electron chi connectivity index (χ1n) is 13.0. The molecule has 3 rings (SSSR count). The Morgan fingerprint density at radius 2 is 1.66 bits per heavy atom. The highest BCUT2D eigenvalue weighted by atomic mass is 35.5. The fourth-order valence-electron chi connectivity index (χ4n) is 3.99. The van der Waals surface area contributed by atoms with Crippen LogP contribution >= 0.6 is 46.4 Å². The third-order valence-electron chi connectivity index (χ3n) is 5.87. The number of anilines is 2. The molecule has 0 saturated carbocycles. The zero-order chi connectivity index (χ0) is 30.0. The molecule has 0 aliphatic carbocycles. The lowest BCUT2D eigenvalue weighted by Crippen LogP contribution is -2.32. The Morgan fingerprint density at radius 1 is 0.976 bits per heavy atom. The van der Waals surface area contributed by atoms with Crippen molar-refractivity contribution >= 4 is 73.8 Å². The van der Waals surface area contributed by atoms with Gasteiger partial charge in [0.1, 0.15) is 22.4 Å². The summed E-state index contributed by atoms with van der Waals surface area (Å²) in [6, 6.07) is 13.6. The van der Waals surface area contributed by atoms with Crippen LogP contribution in [-0.4, -0.2) is 45.7 Å². The lowest BCUT2D eigenvalue weighted by Gasteiger charge is -2.25. The first-order valence-corrected chi connectivity index (χ1v) is 15.9. The van der Waals surface area contributed by atoms with Gasteiger partial charge in [-0.25, -0.2) is 13.4 Å². The second-order valence-electron chi connectivity index (χ2n) is 8.98. The van der Waals surface area contributed by atoms with E-state index in [0.29, 0.717) is 56.0 Å². The van der Waals surface area contributed by atoms with Gasteiger partial charge in [0, 0.05) is 25.6 Å². The Hall–Kier alpha value is -2.43. The number of esters is 1. The van der Waals surface area contributed by atoms with E-state index in [4.69, 9.17) is 55.9 Å². The number of hydrogen-bond donors (Lipinski definition) is 1. The normalized spacial score (nSPS) is 11.3. The molecule has 13 heteroatoms. The molecule has 1 heterocycles. The molecule has 1 aromatic heterocycles. The maximum atomic E-state index is 13.7. The number of unbranched alkanes of at least 4 members (excludes halogenated alkanes) is 2. The fourth-order valence-corrected chi connectivity index (χ4v) is 6.35. The number of benzene rings is 2. The number of pyridine rings is 1. The van der Waals surface area contributed by atoms with E-state index in [9.17, 15) is 13.2 Å². The van der Waals surface area contributed by atoms with Gasteiger partial charge < -0.3 is 14.8 Å². The molecule has 0 fully saturated rings. The van der Waals surface area contributed by atoms with Crippen molar-refractivity contribution in [3.63, 3.8) is 0 Å². The maximum absolute atomic E-state index is 13.7. The molecule has 41 heavy (non-hydrogen) atoms. The topological polar surface area (TPSA) is 97.8 Å². The van der Waals surface area contributed by atoms with E-state index >= 15 is 0 Å². The van der Waals surface area contributed by atoms with E-state index in [-0.39, 0.29) is 44.4 Å². The second kappa shape index (κ2) is 15.7. The number of hydrogen-bond acceptors (Lipinski definition) is 7. The summed E-state index contributed by atoms with van der Waals surface area (Å²) >= 11 is 24.4. The molecule has 222 valence electrons. The Bertz CT molecular complexity index is 1420. The number of rotatable bonds is 15. The van der Waals surface area contributed by atoms with E-state index in [1.807, 2.05) is 13.0 Å². The van der Waals surface area contributed by atoms with Gasteiger partial charge >= 0.3 is 5.97 Å². The van der Waals surface area contributed by atoms with Crippen molar-refractivity contribution in [2.45, 2.75) is 44.4 Å². The highest BCUT2D eigenvalue weighted by molar-refractivity contribution is 7.92. The molecule has 0 bridgehead atoms. The average Bonchev–Trinajstić information content (AvgIpc) is 2.93. The number of aryl methyl sites for hydroxylation is 1. The SMILES string of the molecule is CCOC(=O)CCCCCN(c1cc(C)cc(OCCNc2c(Cl)c(Cl)nc(Cl)c2Cl)c1)S(=O)(=O)c1ccccc1. The molecule has 1 N–H and O–H groups in total. The molecule has 0 amide bonds. The molecule has 3 aromatic rings. The number of carbonyl (C=O) groups is 1. The standard InChI is InChI=1S/C28H31Cl4N3O5S/c1-3-39-23(36)12-8-5-9-14-35(41(37,38)22-10-6-4-7-11-22)20-16-19(2)17-21(18-20)40-15-13-33-26-24(29)27(31)34-28(32)25(26)30/h4,6-7,10-11,16-18H,3,5,8-9,12-15H2,1-2H3,(H,33,34). The van der Waals surface area contributed by atoms with E-state index in [1.54, 1.807) is 49.4 Å². The smallest absolute Gasteiger partial charge is 0.305 e. The molecular weight excluding hydrogens is 632 g/mol. The first kappa shape index (κ1) is 33.1. The van der Waals surface area contributed by atoms with Gasteiger partial charge in [0.15, 0.2) is 10.3 Å². The minimum atomic E-state index is -3.87. The summed E-state index contributed by atoms with van der Waals surface area (Å²) in [7, 11) is -3.87. The van der Waals surface area contributed by atoms with Gasteiger partial charge in [-0.2, -0.15) is 0 Å². The van der Waals surface area contributed by atoms with E-state index in [2.05, 4.69) is 10.3 Å². The average molecular weight is 663 g/mol. The lowest BCUT2D eigenvalue weighted by atomic mass is 10.1. The summed E-state index contributed by atoms with van der Waals surface area (Å²) in [5, 5.41) is 3.38. The number of nitrogens with zero attached hydrogens (tertiary/aromatic N) is 2. The monoisotopic (exact) mass is 661 g/mol. The highest BCUT2D eigenvalue weighted by Gasteiger charge is 2.25. The van der Waals surface area contributed by atoms with Gasteiger partial charge in [-0.1, -0.05) is 71.0 Å². The van der Waals surface area contributed by atoms with Crippen LogP contribution in [0.5, 0.6) is 5.75 Å². The Balaban J connectivity index is 1.74. The third kappa shape index (κ3) is 9.28. The summed E-state index contributed by atoms with van der Waals surface area (Å²) < 4.78 is 39.7. The van der Waals surface area contributed by atoms with Gasteiger partial charge in [-0.3, -0.25) is 9.10 Å². The molecule has 0 atom stereocenters. The molecule has 0 spiro atoms. The van der Waals surface area contributed by atoms with Gasteiger partial charge in [0.05, 0.1) is 22.9 Å². The fraction of sp³-hybridized carbons (Fsp3) is 0.357. The van der Waals surface area contributed by atoms with Gasteiger partial charge in [-0.05, 0) is 56.5 Å². The maximum Gasteiger partial charge on any atom is 0.305 e. The van der Waals surface area contributed by atoms with E-state index in [1.165, 1.54) is 4.31 Å². The van der Waals surface area contributed by atoms with E-state index in [0.717, 1.165) is 5.56 Å². The van der Waals surface area contributed by atoms with Crippen LogP contribution in [0.25, 0.3) is 0 Å². The van der Waals surface area contributed by atoms with Crippen LogP contribution in [0.1, 0.15) is 38.2 Å². The number of carbonyl (C=O) groups excluding carboxylic acids is 1. The molecule has 8 nitrogen and oxygen atoms in total. The first-order chi connectivity index (χ1) is 19.5. The molecule has 0 saturated heterocycles. The predicted octanol–water partition coefficient (Wildman–Crippen LogP) is 7.81. The number of sulfonamides is 1.